The second-order valence-corrected chi connectivity index (χ2v) is 4.62. The molecule has 0 aliphatic heterocycles. The lowest BCUT2D eigenvalue weighted by Gasteiger charge is -2.10. The van der Waals surface area contributed by atoms with E-state index in [1.807, 2.05) is 36.4 Å². The van der Waals surface area contributed by atoms with E-state index in [0.717, 1.165) is 16.6 Å². The molecule has 1 aromatic heterocycles. The molecule has 0 unspecified atom stereocenters. The predicted molar refractivity (Wildman–Crippen MR) is 80.7 cm³/mol. The van der Waals surface area contributed by atoms with Gasteiger partial charge in [0.1, 0.15) is 12.4 Å². The van der Waals surface area contributed by atoms with Crippen LogP contribution in [0.2, 0.25) is 0 Å². The summed E-state index contributed by atoms with van der Waals surface area (Å²) in [6, 6.07) is 16.7. The highest BCUT2D eigenvalue weighted by atomic mass is 16.5. The van der Waals surface area contributed by atoms with Crippen LogP contribution in [0.5, 0.6) is 17.2 Å². The number of hydrogen-bond donors (Lipinski definition) is 1. The van der Waals surface area contributed by atoms with Gasteiger partial charge < -0.3 is 14.6 Å². The van der Waals surface area contributed by atoms with Gasteiger partial charge in [-0.2, -0.15) is 0 Å². The number of methoxy groups -OCH3 is 1. The van der Waals surface area contributed by atoms with E-state index in [1.165, 1.54) is 13.2 Å². The molecule has 0 aliphatic rings. The molecular weight excluding hydrogens is 266 g/mol. The fourth-order valence-electron chi connectivity index (χ4n) is 2.12. The number of phenols is 1. The Morgan fingerprint density at radius 2 is 1.86 bits per heavy atom. The van der Waals surface area contributed by atoms with Crippen molar-refractivity contribution in [3.8, 4) is 17.2 Å². The van der Waals surface area contributed by atoms with Crippen LogP contribution in [0, 0.1) is 0 Å². The van der Waals surface area contributed by atoms with E-state index in [-0.39, 0.29) is 5.75 Å². The summed E-state index contributed by atoms with van der Waals surface area (Å²) in [7, 11) is 1.54. The third-order valence-electron chi connectivity index (χ3n) is 3.18. The molecule has 3 aromatic rings. The van der Waals surface area contributed by atoms with Gasteiger partial charge in [-0.1, -0.05) is 24.3 Å². The molecule has 0 radical (unpaired) electrons. The van der Waals surface area contributed by atoms with E-state index in [1.54, 1.807) is 12.1 Å². The highest BCUT2D eigenvalue weighted by molar-refractivity contribution is 5.78. The van der Waals surface area contributed by atoms with E-state index in [4.69, 9.17) is 9.47 Å². The minimum Gasteiger partial charge on any atom is -0.508 e. The number of benzene rings is 2. The molecule has 1 heterocycles. The van der Waals surface area contributed by atoms with Crippen molar-refractivity contribution in [1.82, 2.24) is 4.98 Å². The lowest BCUT2D eigenvalue weighted by atomic mass is 10.2. The summed E-state index contributed by atoms with van der Waals surface area (Å²) in [6.45, 7) is 0.339. The maximum atomic E-state index is 9.42. The fraction of sp³-hybridized carbons (Fsp3) is 0.118. The first-order valence-electron chi connectivity index (χ1n) is 6.61. The van der Waals surface area contributed by atoms with Crippen LogP contribution in [0.4, 0.5) is 0 Å². The van der Waals surface area contributed by atoms with Gasteiger partial charge in [0.2, 0.25) is 0 Å². The number of aromatic hydroxyl groups is 1. The van der Waals surface area contributed by atoms with Crippen molar-refractivity contribution in [3.05, 3.63) is 60.3 Å². The molecule has 2 aromatic carbocycles. The second-order valence-electron chi connectivity index (χ2n) is 4.62. The van der Waals surface area contributed by atoms with Crippen LogP contribution in [0.25, 0.3) is 10.9 Å². The number of pyridine rings is 1. The Morgan fingerprint density at radius 1 is 1.00 bits per heavy atom. The SMILES string of the molecule is COc1cc(O)ccc1OCc1ccc2ccccc2n1. The molecule has 0 fully saturated rings. The van der Waals surface area contributed by atoms with Gasteiger partial charge in [-0.15, -0.1) is 0 Å². The molecule has 4 nitrogen and oxygen atoms in total. The number of rotatable bonds is 4. The molecule has 0 aliphatic carbocycles. The molecule has 0 bridgehead atoms. The third-order valence-corrected chi connectivity index (χ3v) is 3.18. The Labute approximate surface area is 122 Å². The van der Waals surface area contributed by atoms with Gasteiger partial charge in [-0.05, 0) is 24.3 Å². The third kappa shape index (κ3) is 2.89. The van der Waals surface area contributed by atoms with Crippen LogP contribution < -0.4 is 9.47 Å². The molecule has 0 saturated heterocycles. The van der Waals surface area contributed by atoms with Gasteiger partial charge in [0.25, 0.3) is 0 Å². The summed E-state index contributed by atoms with van der Waals surface area (Å²) in [5, 5.41) is 10.5. The van der Waals surface area contributed by atoms with E-state index < -0.39 is 0 Å². The highest BCUT2D eigenvalue weighted by Crippen LogP contribution is 2.31. The van der Waals surface area contributed by atoms with Gasteiger partial charge in [0, 0.05) is 11.5 Å². The number of phenolic OH excluding ortho intramolecular Hbond substituents is 1. The minimum absolute atomic E-state index is 0.142. The molecule has 0 saturated carbocycles. The average molecular weight is 281 g/mol. The van der Waals surface area contributed by atoms with Gasteiger partial charge in [0.15, 0.2) is 11.5 Å². The average Bonchev–Trinajstić information content (AvgIpc) is 2.53. The van der Waals surface area contributed by atoms with Crippen molar-refractivity contribution in [2.45, 2.75) is 6.61 Å². The van der Waals surface area contributed by atoms with Crippen LogP contribution in [0.1, 0.15) is 5.69 Å². The van der Waals surface area contributed by atoms with E-state index >= 15 is 0 Å². The summed E-state index contributed by atoms with van der Waals surface area (Å²) in [5.74, 6) is 1.21. The smallest absolute Gasteiger partial charge is 0.164 e. The van der Waals surface area contributed by atoms with Crippen molar-refractivity contribution >= 4 is 10.9 Å². The Bertz CT molecular complexity index is 771. The number of para-hydroxylation sites is 1. The predicted octanol–water partition coefficient (Wildman–Crippen LogP) is 3.53. The molecule has 1 N–H and O–H groups in total. The normalized spacial score (nSPS) is 10.5. The minimum atomic E-state index is 0.142. The van der Waals surface area contributed by atoms with Gasteiger partial charge in [-0.3, -0.25) is 0 Å². The van der Waals surface area contributed by atoms with Gasteiger partial charge in [-0.25, -0.2) is 4.98 Å². The van der Waals surface area contributed by atoms with Gasteiger partial charge >= 0.3 is 0 Å². The van der Waals surface area contributed by atoms with Gasteiger partial charge in [0.05, 0.1) is 18.3 Å². The van der Waals surface area contributed by atoms with E-state index in [2.05, 4.69) is 4.98 Å². The number of fused-ring (bicyclic) bond motifs is 1. The van der Waals surface area contributed by atoms with Crippen molar-refractivity contribution in [3.63, 3.8) is 0 Å². The number of aromatic nitrogens is 1. The van der Waals surface area contributed by atoms with E-state index in [0.29, 0.717) is 18.1 Å². The maximum Gasteiger partial charge on any atom is 0.164 e. The Kier molecular flexibility index (Phi) is 3.60. The maximum absolute atomic E-state index is 9.42. The lowest BCUT2D eigenvalue weighted by molar-refractivity contribution is 0.280. The Balaban J connectivity index is 1.80. The Hall–Kier alpha value is -2.75. The summed E-state index contributed by atoms with van der Waals surface area (Å²) in [6.07, 6.45) is 0. The van der Waals surface area contributed by atoms with Crippen molar-refractivity contribution in [2.24, 2.45) is 0 Å². The standard InChI is InChI=1S/C17H15NO3/c1-20-17-10-14(19)8-9-16(17)21-11-13-7-6-12-4-2-3-5-15(12)18-13/h2-10,19H,11H2,1H3. The van der Waals surface area contributed by atoms with Crippen LogP contribution in [-0.4, -0.2) is 17.2 Å². The van der Waals surface area contributed by atoms with E-state index in [9.17, 15) is 5.11 Å². The van der Waals surface area contributed by atoms with Crippen LogP contribution in [0.15, 0.2) is 54.6 Å². The molecular formula is C17H15NO3. The molecule has 0 amide bonds. The quantitative estimate of drug-likeness (QED) is 0.795. The van der Waals surface area contributed by atoms with Crippen molar-refractivity contribution < 1.29 is 14.6 Å². The highest BCUT2D eigenvalue weighted by Gasteiger charge is 2.06. The molecule has 21 heavy (non-hydrogen) atoms. The van der Waals surface area contributed by atoms with Crippen molar-refractivity contribution in [1.29, 1.82) is 0 Å². The first-order valence-corrected chi connectivity index (χ1v) is 6.61. The van der Waals surface area contributed by atoms with Crippen LogP contribution >= 0.6 is 0 Å². The van der Waals surface area contributed by atoms with Crippen LogP contribution in [0.3, 0.4) is 0 Å². The summed E-state index contributed by atoms with van der Waals surface area (Å²) in [5.41, 5.74) is 1.78. The fourth-order valence-corrected chi connectivity index (χ4v) is 2.12. The molecule has 0 spiro atoms. The van der Waals surface area contributed by atoms with Crippen LogP contribution in [-0.2, 0) is 6.61 Å². The largest absolute Gasteiger partial charge is 0.508 e. The lowest BCUT2D eigenvalue weighted by Crippen LogP contribution is -1.99. The molecule has 4 heteroatoms. The first kappa shape index (κ1) is 13.2. The number of hydrogen-bond acceptors (Lipinski definition) is 4. The molecule has 0 atom stereocenters. The summed E-state index contributed by atoms with van der Waals surface area (Å²) in [4.78, 5) is 4.55. The second kappa shape index (κ2) is 5.71. The molecule has 106 valence electrons. The Morgan fingerprint density at radius 3 is 2.71 bits per heavy atom. The first-order chi connectivity index (χ1) is 10.3. The summed E-state index contributed by atoms with van der Waals surface area (Å²) < 4.78 is 10.9. The monoisotopic (exact) mass is 281 g/mol. The van der Waals surface area contributed by atoms with Crippen molar-refractivity contribution in [2.75, 3.05) is 7.11 Å². The zero-order valence-electron chi connectivity index (χ0n) is 11.6. The zero-order valence-corrected chi connectivity index (χ0v) is 11.6. The topological polar surface area (TPSA) is 51.6 Å². The number of nitrogens with zero attached hydrogens (tertiary/aromatic N) is 1. The summed E-state index contributed by atoms with van der Waals surface area (Å²) >= 11 is 0. The molecule has 3 rings (SSSR count). The zero-order chi connectivity index (χ0) is 14.7. The number of ether oxygens (including phenoxy) is 2.